The van der Waals surface area contributed by atoms with Gasteiger partial charge in [-0.15, -0.1) is 0 Å². The molecule has 0 fully saturated rings. The first kappa shape index (κ1) is 12.4. The number of likely N-dealkylation sites (N-methyl/N-ethyl adjacent to an activating group) is 1. The standard InChI is InChI=1S/C11H15FN2O2/c1-2-14(7-8-15)11(16)13-10-5-3-9(12)4-6-10/h3-6,15H,2,7-8H2,1H3,(H,13,16). The van der Waals surface area contributed by atoms with Gasteiger partial charge in [-0.1, -0.05) is 0 Å². The van der Waals surface area contributed by atoms with Crippen molar-refractivity contribution in [2.75, 3.05) is 25.0 Å². The first-order valence-corrected chi connectivity index (χ1v) is 5.09. The van der Waals surface area contributed by atoms with Gasteiger partial charge in [0.05, 0.1) is 6.61 Å². The quantitative estimate of drug-likeness (QED) is 0.820. The number of rotatable bonds is 4. The van der Waals surface area contributed by atoms with Crippen molar-refractivity contribution in [3.05, 3.63) is 30.1 Å². The zero-order valence-electron chi connectivity index (χ0n) is 9.11. The van der Waals surface area contributed by atoms with E-state index in [0.29, 0.717) is 12.2 Å². The summed E-state index contributed by atoms with van der Waals surface area (Å²) in [5, 5.41) is 11.4. The molecule has 0 unspecified atom stereocenters. The molecule has 0 aliphatic carbocycles. The fourth-order valence-corrected chi connectivity index (χ4v) is 1.26. The first-order chi connectivity index (χ1) is 7.67. The zero-order valence-corrected chi connectivity index (χ0v) is 9.11. The highest BCUT2D eigenvalue weighted by Crippen LogP contribution is 2.09. The van der Waals surface area contributed by atoms with Crippen LogP contribution in [0, 0.1) is 5.82 Å². The summed E-state index contributed by atoms with van der Waals surface area (Å²) in [5.41, 5.74) is 0.530. The molecule has 0 spiro atoms. The van der Waals surface area contributed by atoms with E-state index in [1.807, 2.05) is 6.92 Å². The molecule has 0 heterocycles. The Balaban J connectivity index is 2.59. The number of nitrogens with zero attached hydrogens (tertiary/aromatic N) is 1. The Labute approximate surface area is 93.7 Å². The lowest BCUT2D eigenvalue weighted by Gasteiger charge is -2.20. The van der Waals surface area contributed by atoms with Crippen molar-refractivity contribution in [3.8, 4) is 0 Å². The molecule has 1 aromatic carbocycles. The normalized spacial score (nSPS) is 9.94. The van der Waals surface area contributed by atoms with Crippen LogP contribution in [0.3, 0.4) is 0 Å². The SMILES string of the molecule is CCN(CCO)C(=O)Nc1ccc(F)cc1. The number of amides is 2. The second-order valence-corrected chi connectivity index (χ2v) is 3.24. The van der Waals surface area contributed by atoms with Crippen molar-refractivity contribution in [3.63, 3.8) is 0 Å². The minimum Gasteiger partial charge on any atom is -0.395 e. The molecule has 0 saturated carbocycles. The van der Waals surface area contributed by atoms with Crippen LogP contribution in [0.15, 0.2) is 24.3 Å². The number of halogens is 1. The highest BCUT2D eigenvalue weighted by atomic mass is 19.1. The van der Waals surface area contributed by atoms with Crippen LogP contribution in [-0.4, -0.2) is 35.7 Å². The Morgan fingerprint density at radius 2 is 2.06 bits per heavy atom. The molecule has 5 heteroatoms. The number of urea groups is 1. The molecule has 0 radical (unpaired) electrons. The Morgan fingerprint density at radius 3 is 2.56 bits per heavy atom. The molecule has 2 N–H and O–H groups in total. The lowest BCUT2D eigenvalue weighted by atomic mass is 10.3. The van der Waals surface area contributed by atoms with Crippen LogP contribution in [0.25, 0.3) is 0 Å². The van der Waals surface area contributed by atoms with Crippen molar-refractivity contribution in [1.82, 2.24) is 4.90 Å². The van der Waals surface area contributed by atoms with Crippen molar-refractivity contribution in [1.29, 1.82) is 0 Å². The molecular formula is C11H15FN2O2. The molecule has 16 heavy (non-hydrogen) atoms. The minimum absolute atomic E-state index is 0.0787. The Bertz CT molecular complexity index is 340. The van der Waals surface area contributed by atoms with E-state index in [0.717, 1.165) is 0 Å². The lowest BCUT2D eigenvalue weighted by Crippen LogP contribution is -2.36. The maximum absolute atomic E-state index is 12.6. The number of hydrogen-bond donors (Lipinski definition) is 2. The molecule has 0 bridgehead atoms. The summed E-state index contributed by atoms with van der Waals surface area (Å²) in [6.07, 6.45) is 0. The summed E-state index contributed by atoms with van der Waals surface area (Å²) in [5.74, 6) is -0.347. The number of aliphatic hydroxyl groups excluding tert-OH is 1. The summed E-state index contributed by atoms with van der Waals surface area (Å²) < 4.78 is 12.6. The van der Waals surface area contributed by atoms with Gasteiger partial charge < -0.3 is 15.3 Å². The van der Waals surface area contributed by atoms with Gasteiger partial charge in [-0.2, -0.15) is 0 Å². The maximum atomic E-state index is 12.6. The third-order valence-electron chi connectivity index (χ3n) is 2.13. The molecule has 0 aromatic heterocycles. The van der Waals surface area contributed by atoms with Crippen LogP contribution in [-0.2, 0) is 0 Å². The van der Waals surface area contributed by atoms with E-state index in [1.165, 1.54) is 29.2 Å². The van der Waals surface area contributed by atoms with Crippen LogP contribution in [0.4, 0.5) is 14.9 Å². The van der Waals surface area contributed by atoms with Crippen molar-refractivity contribution >= 4 is 11.7 Å². The minimum atomic E-state index is -0.347. The van der Waals surface area contributed by atoms with Gasteiger partial charge in [0.1, 0.15) is 5.82 Å². The van der Waals surface area contributed by atoms with E-state index in [1.54, 1.807) is 0 Å². The lowest BCUT2D eigenvalue weighted by molar-refractivity contribution is 0.192. The van der Waals surface area contributed by atoms with Crippen LogP contribution in [0.2, 0.25) is 0 Å². The smallest absolute Gasteiger partial charge is 0.321 e. The average Bonchev–Trinajstić information content (AvgIpc) is 2.29. The van der Waals surface area contributed by atoms with E-state index in [9.17, 15) is 9.18 Å². The van der Waals surface area contributed by atoms with Crippen LogP contribution in [0.1, 0.15) is 6.92 Å². The van der Waals surface area contributed by atoms with Crippen molar-refractivity contribution < 1.29 is 14.3 Å². The van der Waals surface area contributed by atoms with Gasteiger partial charge >= 0.3 is 6.03 Å². The van der Waals surface area contributed by atoms with Crippen LogP contribution >= 0.6 is 0 Å². The van der Waals surface area contributed by atoms with Crippen molar-refractivity contribution in [2.24, 2.45) is 0 Å². The number of carbonyl (C=O) groups excluding carboxylic acids is 1. The number of benzene rings is 1. The van der Waals surface area contributed by atoms with Gasteiger partial charge in [-0.3, -0.25) is 0 Å². The second kappa shape index (κ2) is 6.07. The zero-order chi connectivity index (χ0) is 12.0. The van der Waals surface area contributed by atoms with E-state index >= 15 is 0 Å². The van der Waals surface area contributed by atoms with Crippen molar-refractivity contribution in [2.45, 2.75) is 6.92 Å². The Hall–Kier alpha value is -1.62. The summed E-state index contributed by atoms with van der Waals surface area (Å²) in [6.45, 7) is 2.53. The fourth-order valence-electron chi connectivity index (χ4n) is 1.26. The number of aliphatic hydroxyl groups is 1. The number of nitrogens with one attached hydrogen (secondary N) is 1. The molecule has 0 atom stereocenters. The largest absolute Gasteiger partial charge is 0.395 e. The monoisotopic (exact) mass is 226 g/mol. The van der Waals surface area contributed by atoms with Gasteiger partial charge in [0.2, 0.25) is 0 Å². The topological polar surface area (TPSA) is 52.6 Å². The predicted molar refractivity (Wildman–Crippen MR) is 59.8 cm³/mol. The highest BCUT2D eigenvalue weighted by molar-refractivity contribution is 5.89. The molecule has 88 valence electrons. The number of hydrogen-bond acceptors (Lipinski definition) is 2. The first-order valence-electron chi connectivity index (χ1n) is 5.09. The van der Waals surface area contributed by atoms with E-state index in [2.05, 4.69) is 5.32 Å². The summed E-state index contributed by atoms with van der Waals surface area (Å²) in [4.78, 5) is 13.1. The summed E-state index contributed by atoms with van der Waals surface area (Å²) in [6, 6.07) is 5.22. The fraction of sp³-hybridized carbons (Fsp3) is 0.364. The van der Waals surface area contributed by atoms with E-state index < -0.39 is 0 Å². The Morgan fingerprint density at radius 1 is 1.44 bits per heavy atom. The van der Waals surface area contributed by atoms with E-state index in [4.69, 9.17) is 5.11 Å². The molecule has 0 aliphatic heterocycles. The van der Waals surface area contributed by atoms with Gasteiger partial charge in [-0.25, -0.2) is 9.18 Å². The highest BCUT2D eigenvalue weighted by Gasteiger charge is 2.10. The maximum Gasteiger partial charge on any atom is 0.321 e. The van der Waals surface area contributed by atoms with Gasteiger partial charge in [0.25, 0.3) is 0 Å². The molecule has 1 rings (SSSR count). The van der Waals surface area contributed by atoms with Gasteiger partial charge in [0, 0.05) is 18.8 Å². The second-order valence-electron chi connectivity index (χ2n) is 3.24. The van der Waals surface area contributed by atoms with Crippen LogP contribution < -0.4 is 5.32 Å². The molecule has 4 nitrogen and oxygen atoms in total. The molecule has 0 aliphatic rings. The Kier molecular flexibility index (Phi) is 4.72. The third-order valence-corrected chi connectivity index (χ3v) is 2.13. The summed E-state index contributed by atoms with van der Waals surface area (Å²) in [7, 11) is 0. The number of carbonyl (C=O) groups is 1. The van der Waals surface area contributed by atoms with Crippen LogP contribution in [0.5, 0.6) is 0 Å². The van der Waals surface area contributed by atoms with Gasteiger partial charge in [0.15, 0.2) is 0 Å². The summed E-state index contributed by atoms with van der Waals surface area (Å²) >= 11 is 0. The number of anilines is 1. The van der Waals surface area contributed by atoms with E-state index in [-0.39, 0.29) is 25.0 Å². The average molecular weight is 226 g/mol. The van der Waals surface area contributed by atoms with Gasteiger partial charge in [-0.05, 0) is 31.2 Å². The molecule has 2 amide bonds. The molecule has 0 saturated heterocycles. The molecule has 1 aromatic rings. The third kappa shape index (κ3) is 3.51. The predicted octanol–water partition coefficient (Wildman–Crippen LogP) is 1.67. The molecular weight excluding hydrogens is 211 g/mol.